The minimum absolute atomic E-state index is 0.145. The maximum absolute atomic E-state index is 12.3. The molecule has 3 nitrogen and oxygen atoms in total. The average Bonchev–Trinajstić information content (AvgIpc) is 2.52. The minimum Gasteiger partial charge on any atom is -0.466 e. The van der Waals surface area contributed by atoms with E-state index in [1.54, 1.807) is 0 Å². The summed E-state index contributed by atoms with van der Waals surface area (Å²) in [7, 11) is 0. The third-order valence-corrected chi connectivity index (χ3v) is 4.01. The molecule has 0 aromatic heterocycles. The molecule has 0 heterocycles. The number of aryl methyl sites for hydroxylation is 1. The minimum atomic E-state index is -0.210. The quantitative estimate of drug-likeness (QED) is 0.361. The van der Waals surface area contributed by atoms with Gasteiger partial charge in [0.05, 0.1) is 6.61 Å². The van der Waals surface area contributed by atoms with Crippen LogP contribution in [-0.2, 0) is 16.0 Å². The van der Waals surface area contributed by atoms with Crippen LogP contribution in [0.25, 0.3) is 0 Å². The van der Waals surface area contributed by atoms with Crippen molar-refractivity contribution in [2.45, 2.75) is 59.3 Å². The second-order valence-corrected chi connectivity index (χ2v) is 5.73. The lowest BCUT2D eigenvalue weighted by Gasteiger charge is -2.11. The van der Waals surface area contributed by atoms with Gasteiger partial charge >= 0.3 is 5.97 Å². The fourth-order valence-electron chi connectivity index (χ4n) is 2.55. The molecule has 0 atom stereocenters. The standard InChI is InChI=1S/C19H28O3/c1-4-17(5-2)19(21)18-12-10-16(11-13-18)9-7-6-8-14-22-15(3)20/h10-13,17H,4-9,14H2,1-3H3. The molecule has 0 fully saturated rings. The molecule has 0 bridgehead atoms. The molecule has 122 valence electrons. The summed E-state index contributed by atoms with van der Waals surface area (Å²) >= 11 is 0. The van der Waals surface area contributed by atoms with Crippen molar-refractivity contribution in [1.82, 2.24) is 0 Å². The van der Waals surface area contributed by atoms with E-state index in [-0.39, 0.29) is 17.7 Å². The number of hydrogen-bond acceptors (Lipinski definition) is 3. The molecule has 0 aliphatic rings. The van der Waals surface area contributed by atoms with Gasteiger partial charge in [0.25, 0.3) is 0 Å². The summed E-state index contributed by atoms with van der Waals surface area (Å²) in [5.41, 5.74) is 2.08. The van der Waals surface area contributed by atoms with Crippen molar-refractivity contribution in [3.05, 3.63) is 35.4 Å². The zero-order chi connectivity index (χ0) is 16.4. The molecule has 0 saturated carbocycles. The molecule has 0 saturated heterocycles. The Morgan fingerprint density at radius 1 is 1.00 bits per heavy atom. The van der Waals surface area contributed by atoms with Crippen molar-refractivity contribution in [2.75, 3.05) is 6.61 Å². The Kier molecular flexibility index (Phi) is 8.49. The van der Waals surface area contributed by atoms with Crippen molar-refractivity contribution < 1.29 is 14.3 Å². The molecule has 1 aromatic carbocycles. The summed E-state index contributed by atoms with van der Waals surface area (Å²) in [5.74, 6) is 0.197. The van der Waals surface area contributed by atoms with Crippen molar-refractivity contribution in [2.24, 2.45) is 5.92 Å². The number of ketones is 1. The van der Waals surface area contributed by atoms with Gasteiger partial charge in [-0.05, 0) is 44.1 Å². The topological polar surface area (TPSA) is 43.4 Å². The lowest BCUT2D eigenvalue weighted by molar-refractivity contribution is -0.141. The zero-order valence-electron chi connectivity index (χ0n) is 14.1. The Morgan fingerprint density at radius 2 is 1.64 bits per heavy atom. The molecule has 0 unspecified atom stereocenters. The van der Waals surface area contributed by atoms with E-state index < -0.39 is 0 Å². The zero-order valence-corrected chi connectivity index (χ0v) is 14.1. The van der Waals surface area contributed by atoms with Crippen LogP contribution < -0.4 is 0 Å². The predicted molar refractivity (Wildman–Crippen MR) is 89.0 cm³/mol. The van der Waals surface area contributed by atoms with E-state index in [1.165, 1.54) is 12.5 Å². The molecule has 1 aromatic rings. The molecular weight excluding hydrogens is 276 g/mol. The molecule has 0 N–H and O–H groups in total. The van der Waals surface area contributed by atoms with Gasteiger partial charge in [-0.15, -0.1) is 0 Å². The van der Waals surface area contributed by atoms with E-state index in [2.05, 4.69) is 26.0 Å². The molecule has 0 aliphatic carbocycles. The Labute approximate surface area is 134 Å². The first kappa shape index (κ1) is 18.4. The van der Waals surface area contributed by atoms with Gasteiger partial charge in [0, 0.05) is 18.4 Å². The van der Waals surface area contributed by atoms with E-state index in [0.29, 0.717) is 6.61 Å². The van der Waals surface area contributed by atoms with Crippen molar-refractivity contribution >= 4 is 11.8 Å². The summed E-state index contributed by atoms with van der Waals surface area (Å²) < 4.78 is 4.90. The Bertz CT molecular complexity index is 458. The molecule has 0 radical (unpaired) electrons. The normalized spacial score (nSPS) is 10.7. The summed E-state index contributed by atoms with van der Waals surface area (Å²) in [6.45, 7) is 6.08. The van der Waals surface area contributed by atoms with Crippen LogP contribution in [0.3, 0.4) is 0 Å². The van der Waals surface area contributed by atoms with E-state index >= 15 is 0 Å². The number of esters is 1. The average molecular weight is 304 g/mol. The van der Waals surface area contributed by atoms with Crippen molar-refractivity contribution in [1.29, 1.82) is 0 Å². The first-order chi connectivity index (χ1) is 10.6. The molecule has 3 heteroatoms. The Balaban J connectivity index is 2.36. The second-order valence-electron chi connectivity index (χ2n) is 5.73. The number of Topliss-reactive ketones (excluding diaryl/α,β-unsaturated/α-hetero) is 1. The van der Waals surface area contributed by atoms with Gasteiger partial charge in [0.15, 0.2) is 5.78 Å². The molecule has 22 heavy (non-hydrogen) atoms. The van der Waals surface area contributed by atoms with Gasteiger partial charge in [-0.25, -0.2) is 0 Å². The second kappa shape index (κ2) is 10.1. The molecule has 1 rings (SSSR count). The van der Waals surface area contributed by atoms with Gasteiger partial charge < -0.3 is 4.74 Å². The molecule has 0 spiro atoms. The summed E-state index contributed by atoms with van der Waals surface area (Å²) in [6.07, 6.45) is 5.83. The highest BCUT2D eigenvalue weighted by atomic mass is 16.5. The number of carbonyl (C=O) groups excluding carboxylic acids is 2. The monoisotopic (exact) mass is 304 g/mol. The van der Waals surface area contributed by atoms with Crippen LogP contribution in [0.2, 0.25) is 0 Å². The van der Waals surface area contributed by atoms with Gasteiger partial charge in [-0.3, -0.25) is 9.59 Å². The number of benzene rings is 1. The van der Waals surface area contributed by atoms with Gasteiger partial charge in [0.2, 0.25) is 0 Å². The predicted octanol–water partition coefficient (Wildman–Crippen LogP) is 4.58. The van der Waals surface area contributed by atoms with Gasteiger partial charge in [-0.1, -0.05) is 38.1 Å². The van der Waals surface area contributed by atoms with Crippen LogP contribution in [0, 0.1) is 5.92 Å². The molecular formula is C19H28O3. The van der Waals surface area contributed by atoms with E-state index in [9.17, 15) is 9.59 Å². The van der Waals surface area contributed by atoms with E-state index in [0.717, 1.165) is 44.1 Å². The maximum Gasteiger partial charge on any atom is 0.302 e. The van der Waals surface area contributed by atoms with Crippen LogP contribution in [0.5, 0.6) is 0 Å². The first-order valence-corrected chi connectivity index (χ1v) is 8.35. The number of ether oxygens (including phenoxy) is 1. The Morgan fingerprint density at radius 3 is 2.18 bits per heavy atom. The molecule has 0 aliphatic heterocycles. The van der Waals surface area contributed by atoms with Crippen LogP contribution >= 0.6 is 0 Å². The lowest BCUT2D eigenvalue weighted by atomic mass is 9.92. The highest BCUT2D eigenvalue weighted by Crippen LogP contribution is 2.17. The van der Waals surface area contributed by atoms with Gasteiger partial charge in [0.1, 0.15) is 0 Å². The summed E-state index contributed by atoms with van der Waals surface area (Å²) in [6, 6.07) is 8.02. The third kappa shape index (κ3) is 6.42. The number of hydrogen-bond donors (Lipinski definition) is 0. The van der Waals surface area contributed by atoms with Gasteiger partial charge in [-0.2, -0.15) is 0 Å². The lowest BCUT2D eigenvalue weighted by Crippen LogP contribution is -2.12. The largest absolute Gasteiger partial charge is 0.466 e. The van der Waals surface area contributed by atoms with Crippen LogP contribution in [0.1, 0.15) is 68.8 Å². The van der Waals surface area contributed by atoms with Crippen molar-refractivity contribution in [3.8, 4) is 0 Å². The Hall–Kier alpha value is -1.64. The SMILES string of the molecule is CCC(CC)C(=O)c1ccc(CCCCCOC(C)=O)cc1. The van der Waals surface area contributed by atoms with E-state index in [4.69, 9.17) is 4.74 Å². The third-order valence-electron chi connectivity index (χ3n) is 4.01. The summed E-state index contributed by atoms with van der Waals surface area (Å²) in [5, 5.41) is 0. The van der Waals surface area contributed by atoms with Crippen LogP contribution in [0.4, 0.5) is 0 Å². The van der Waals surface area contributed by atoms with Crippen LogP contribution in [-0.4, -0.2) is 18.4 Å². The highest BCUT2D eigenvalue weighted by Gasteiger charge is 2.15. The maximum atomic E-state index is 12.3. The fraction of sp³-hybridized carbons (Fsp3) is 0.579. The number of rotatable bonds is 10. The smallest absolute Gasteiger partial charge is 0.302 e. The number of carbonyl (C=O) groups is 2. The molecule has 0 amide bonds. The van der Waals surface area contributed by atoms with Crippen LogP contribution in [0.15, 0.2) is 24.3 Å². The van der Waals surface area contributed by atoms with Crippen molar-refractivity contribution in [3.63, 3.8) is 0 Å². The van der Waals surface area contributed by atoms with E-state index in [1.807, 2.05) is 12.1 Å². The first-order valence-electron chi connectivity index (χ1n) is 8.35. The highest BCUT2D eigenvalue weighted by molar-refractivity contribution is 5.97. The number of unbranched alkanes of at least 4 members (excludes halogenated alkanes) is 2. The fourth-order valence-corrected chi connectivity index (χ4v) is 2.55. The summed E-state index contributed by atoms with van der Waals surface area (Å²) in [4.78, 5) is 22.9.